The molecule has 0 saturated carbocycles. The van der Waals surface area contributed by atoms with Gasteiger partial charge in [-0.2, -0.15) is 0 Å². The van der Waals surface area contributed by atoms with Crippen molar-refractivity contribution >= 4 is 27.5 Å². The minimum Gasteiger partial charge on any atom is -0.419 e. The number of sulfonamides is 1. The van der Waals surface area contributed by atoms with Crippen molar-refractivity contribution in [3.8, 4) is 11.5 Å². The van der Waals surface area contributed by atoms with Crippen molar-refractivity contribution < 1.29 is 17.6 Å². The van der Waals surface area contributed by atoms with Crippen LogP contribution in [0.4, 0.5) is 0 Å². The lowest BCUT2D eigenvalue weighted by Crippen LogP contribution is -2.32. The Morgan fingerprint density at radius 3 is 2.44 bits per heavy atom. The number of halogens is 1. The van der Waals surface area contributed by atoms with E-state index in [1.54, 1.807) is 36.9 Å². The van der Waals surface area contributed by atoms with E-state index in [9.17, 15) is 13.2 Å². The Morgan fingerprint density at radius 1 is 1.12 bits per heavy atom. The van der Waals surface area contributed by atoms with Crippen LogP contribution in [0.5, 0.6) is 0 Å². The number of hydrogen-bond donors (Lipinski definition) is 1. The van der Waals surface area contributed by atoms with Crippen molar-refractivity contribution in [3.05, 3.63) is 65.0 Å². The molecule has 170 valence electrons. The maximum Gasteiger partial charge on any atom is 0.254 e. The number of nitrogens with one attached hydrogen (secondary N) is 1. The Hall–Kier alpha value is -2.75. The molecule has 2 aromatic carbocycles. The highest BCUT2D eigenvalue weighted by Gasteiger charge is 2.21. The third kappa shape index (κ3) is 5.73. The molecule has 0 unspecified atom stereocenters. The molecule has 0 aliphatic heterocycles. The second-order valence-corrected chi connectivity index (χ2v) is 9.63. The van der Waals surface area contributed by atoms with E-state index in [0.29, 0.717) is 22.7 Å². The van der Waals surface area contributed by atoms with E-state index in [0.717, 1.165) is 6.42 Å². The summed E-state index contributed by atoms with van der Waals surface area (Å²) in [5, 5.41) is 8.58. The summed E-state index contributed by atoms with van der Waals surface area (Å²) >= 11 is 6.19. The van der Waals surface area contributed by atoms with Gasteiger partial charge in [-0.25, -0.2) is 13.1 Å². The molecular formula is C22H25ClN4O4S. The Labute approximate surface area is 192 Å². The molecule has 1 aromatic heterocycles. The summed E-state index contributed by atoms with van der Waals surface area (Å²) in [7, 11) is -3.63. The van der Waals surface area contributed by atoms with Crippen LogP contribution in [0.15, 0.2) is 57.8 Å². The lowest BCUT2D eigenvalue weighted by Gasteiger charge is -2.20. The number of hydrogen-bond acceptors (Lipinski definition) is 6. The van der Waals surface area contributed by atoms with Crippen molar-refractivity contribution in [2.45, 2.75) is 44.7 Å². The second kappa shape index (κ2) is 10.2. The van der Waals surface area contributed by atoms with Gasteiger partial charge in [-0.3, -0.25) is 4.79 Å². The topological polar surface area (TPSA) is 105 Å². The number of rotatable bonds is 9. The van der Waals surface area contributed by atoms with Gasteiger partial charge in [0.2, 0.25) is 21.8 Å². The molecule has 0 spiro atoms. The van der Waals surface area contributed by atoms with Gasteiger partial charge in [-0.05, 0) is 56.7 Å². The zero-order valence-corrected chi connectivity index (χ0v) is 19.7. The number of benzene rings is 2. The highest BCUT2D eigenvalue weighted by molar-refractivity contribution is 7.89. The average Bonchev–Trinajstić information content (AvgIpc) is 3.21. The molecule has 0 aliphatic rings. The first-order valence-corrected chi connectivity index (χ1v) is 12.1. The van der Waals surface area contributed by atoms with E-state index in [2.05, 4.69) is 14.9 Å². The van der Waals surface area contributed by atoms with Crippen LogP contribution in [0, 0.1) is 0 Å². The number of amides is 1. The van der Waals surface area contributed by atoms with Crippen molar-refractivity contribution in [1.29, 1.82) is 0 Å². The third-order valence-electron chi connectivity index (χ3n) is 4.48. The predicted molar refractivity (Wildman–Crippen MR) is 122 cm³/mol. The van der Waals surface area contributed by atoms with Crippen LogP contribution in [0.25, 0.3) is 11.5 Å². The van der Waals surface area contributed by atoms with Crippen LogP contribution in [0.1, 0.15) is 43.4 Å². The minimum atomic E-state index is -3.63. The lowest BCUT2D eigenvalue weighted by atomic mass is 10.2. The molecule has 1 heterocycles. The standard InChI is InChI=1S/C22H25ClN4O4S/c1-4-13-27(14-20-24-25-21(31-20)18-7-5-6-8-19(18)23)22(28)16-9-11-17(12-10-16)32(29,30)26-15(2)3/h5-12,15,26H,4,13-14H2,1-3H3. The Morgan fingerprint density at radius 2 is 1.81 bits per heavy atom. The second-order valence-electron chi connectivity index (χ2n) is 7.51. The normalized spacial score (nSPS) is 11.7. The van der Waals surface area contributed by atoms with E-state index < -0.39 is 10.0 Å². The Kier molecular flexibility index (Phi) is 7.65. The van der Waals surface area contributed by atoms with Gasteiger partial charge < -0.3 is 9.32 Å². The molecule has 0 fully saturated rings. The van der Waals surface area contributed by atoms with Crippen LogP contribution >= 0.6 is 11.6 Å². The van der Waals surface area contributed by atoms with Gasteiger partial charge >= 0.3 is 0 Å². The fourth-order valence-corrected chi connectivity index (χ4v) is 4.55. The predicted octanol–water partition coefficient (Wildman–Crippen LogP) is 4.13. The smallest absolute Gasteiger partial charge is 0.254 e. The van der Waals surface area contributed by atoms with Gasteiger partial charge in [-0.1, -0.05) is 30.7 Å². The van der Waals surface area contributed by atoms with E-state index in [1.165, 1.54) is 24.3 Å². The first-order valence-electron chi connectivity index (χ1n) is 10.2. The van der Waals surface area contributed by atoms with Crippen LogP contribution in [-0.4, -0.2) is 42.0 Å². The highest BCUT2D eigenvalue weighted by atomic mass is 35.5. The summed E-state index contributed by atoms with van der Waals surface area (Å²) in [6.45, 7) is 6.03. The van der Waals surface area contributed by atoms with E-state index in [4.69, 9.17) is 16.0 Å². The molecule has 32 heavy (non-hydrogen) atoms. The first-order chi connectivity index (χ1) is 15.2. The SMILES string of the molecule is CCCN(Cc1nnc(-c2ccccc2Cl)o1)C(=O)c1ccc(S(=O)(=O)NC(C)C)cc1. The molecule has 1 N–H and O–H groups in total. The van der Waals surface area contributed by atoms with Gasteiger partial charge in [0.05, 0.1) is 22.0 Å². The Balaban J connectivity index is 1.77. The van der Waals surface area contributed by atoms with Gasteiger partial charge in [-0.15, -0.1) is 10.2 Å². The molecule has 10 heteroatoms. The van der Waals surface area contributed by atoms with Crippen LogP contribution < -0.4 is 4.72 Å². The van der Waals surface area contributed by atoms with Crippen molar-refractivity contribution in [3.63, 3.8) is 0 Å². The zero-order chi connectivity index (χ0) is 23.3. The summed E-state index contributed by atoms with van der Waals surface area (Å²) in [6, 6.07) is 12.7. The molecule has 8 nitrogen and oxygen atoms in total. The maximum atomic E-state index is 13.1. The fraction of sp³-hybridized carbons (Fsp3) is 0.318. The fourth-order valence-electron chi connectivity index (χ4n) is 3.08. The molecule has 0 bridgehead atoms. The summed E-state index contributed by atoms with van der Waals surface area (Å²) in [6.07, 6.45) is 0.724. The number of nitrogens with zero attached hydrogens (tertiary/aromatic N) is 3. The highest BCUT2D eigenvalue weighted by Crippen LogP contribution is 2.26. The molecule has 0 aliphatic carbocycles. The molecule has 0 radical (unpaired) electrons. The third-order valence-corrected chi connectivity index (χ3v) is 6.48. The minimum absolute atomic E-state index is 0.103. The molecular weight excluding hydrogens is 452 g/mol. The summed E-state index contributed by atoms with van der Waals surface area (Å²) < 4.78 is 32.8. The molecule has 0 saturated heterocycles. The summed E-state index contributed by atoms with van der Waals surface area (Å²) in [4.78, 5) is 14.7. The van der Waals surface area contributed by atoms with Gasteiger partial charge in [0, 0.05) is 18.2 Å². The summed E-state index contributed by atoms with van der Waals surface area (Å²) in [5.41, 5.74) is 0.987. The maximum absolute atomic E-state index is 13.1. The van der Waals surface area contributed by atoms with Gasteiger partial charge in [0.15, 0.2) is 0 Å². The van der Waals surface area contributed by atoms with Gasteiger partial charge in [0.25, 0.3) is 5.91 Å². The monoisotopic (exact) mass is 476 g/mol. The zero-order valence-electron chi connectivity index (χ0n) is 18.1. The quantitative estimate of drug-likeness (QED) is 0.497. The molecule has 3 rings (SSSR count). The largest absolute Gasteiger partial charge is 0.419 e. The number of aromatic nitrogens is 2. The molecule has 3 aromatic rings. The summed E-state index contributed by atoms with van der Waals surface area (Å²) in [5.74, 6) is 0.300. The first kappa shape index (κ1) is 23.9. The van der Waals surface area contributed by atoms with E-state index in [1.807, 2.05) is 13.0 Å². The van der Waals surface area contributed by atoms with Gasteiger partial charge in [0.1, 0.15) is 0 Å². The van der Waals surface area contributed by atoms with Crippen LogP contribution in [0.3, 0.4) is 0 Å². The molecule has 1 amide bonds. The number of carbonyl (C=O) groups excluding carboxylic acids is 1. The van der Waals surface area contributed by atoms with E-state index >= 15 is 0 Å². The number of carbonyl (C=O) groups is 1. The van der Waals surface area contributed by atoms with E-state index in [-0.39, 0.29) is 35.2 Å². The van der Waals surface area contributed by atoms with Crippen molar-refractivity contribution in [1.82, 2.24) is 19.8 Å². The van der Waals surface area contributed by atoms with Crippen molar-refractivity contribution in [2.24, 2.45) is 0 Å². The van der Waals surface area contributed by atoms with Crippen LogP contribution in [0.2, 0.25) is 5.02 Å². The Bertz CT molecular complexity index is 1180. The average molecular weight is 477 g/mol. The lowest BCUT2D eigenvalue weighted by molar-refractivity contribution is 0.0728. The van der Waals surface area contributed by atoms with Crippen molar-refractivity contribution in [2.75, 3.05) is 6.54 Å². The molecule has 0 atom stereocenters. The van der Waals surface area contributed by atoms with Crippen LogP contribution in [-0.2, 0) is 16.6 Å².